The average molecular weight is 288 g/mol. The van der Waals surface area contributed by atoms with Gasteiger partial charge >= 0.3 is 0 Å². The van der Waals surface area contributed by atoms with Crippen molar-refractivity contribution in [2.24, 2.45) is 5.84 Å². The molecule has 3 rings (SSSR count). The Morgan fingerprint density at radius 2 is 2.33 bits per heavy atom. The molecule has 0 radical (unpaired) electrons. The Hall–Kier alpha value is -2.05. The van der Waals surface area contributed by atoms with Gasteiger partial charge in [-0.1, -0.05) is 18.2 Å². The largest absolute Gasteiger partial charge is 0.493 e. The van der Waals surface area contributed by atoms with Crippen molar-refractivity contribution in [1.29, 1.82) is 0 Å². The second-order valence-corrected chi connectivity index (χ2v) is 5.03. The summed E-state index contributed by atoms with van der Waals surface area (Å²) in [5.74, 6) is 7.44. The van der Waals surface area contributed by atoms with Crippen LogP contribution in [-0.4, -0.2) is 23.0 Å². The number of fused-ring (bicyclic) bond motifs is 1. The Labute approximate surface area is 123 Å². The number of nitrogens with two attached hydrogens (primary N) is 1. The standard InChI is InChI=1S/C15H20N4O2/c1-3-19-15(13(20-2)9-17-19)14(18-16)12-8-10-6-4-5-7-11(10)21-12/h4-7,9,12,14,18H,3,8,16H2,1-2H3. The van der Waals surface area contributed by atoms with E-state index in [-0.39, 0.29) is 12.1 Å². The van der Waals surface area contributed by atoms with Gasteiger partial charge in [-0.2, -0.15) is 5.10 Å². The molecular weight excluding hydrogens is 268 g/mol. The summed E-state index contributed by atoms with van der Waals surface area (Å²) in [6, 6.07) is 7.87. The topological polar surface area (TPSA) is 74.3 Å². The van der Waals surface area contributed by atoms with E-state index in [0.717, 1.165) is 30.2 Å². The molecular formula is C15H20N4O2. The molecule has 1 aliphatic heterocycles. The number of hydrogen-bond acceptors (Lipinski definition) is 5. The number of para-hydroxylation sites is 1. The zero-order valence-corrected chi connectivity index (χ0v) is 12.2. The summed E-state index contributed by atoms with van der Waals surface area (Å²) in [6.07, 6.45) is 2.44. The molecule has 112 valence electrons. The van der Waals surface area contributed by atoms with Gasteiger partial charge in [-0.25, -0.2) is 5.43 Å². The van der Waals surface area contributed by atoms with Gasteiger partial charge in [0.05, 0.1) is 13.3 Å². The second-order valence-electron chi connectivity index (χ2n) is 5.03. The smallest absolute Gasteiger partial charge is 0.161 e. The molecule has 1 aliphatic rings. The van der Waals surface area contributed by atoms with E-state index in [0.29, 0.717) is 0 Å². The predicted octanol–water partition coefficient (Wildman–Crippen LogP) is 1.42. The Kier molecular flexibility index (Phi) is 3.81. The zero-order chi connectivity index (χ0) is 14.8. The first-order valence-electron chi connectivity index (χ1n) is 7.08. The monoisotopic (exact) mass is 288 g/mol. The number of nitrogens with one attached hydrogen (secondary N) is 1. The highest BCUT2D eigenvalue weighted by atomic mass is 16.5. The van der Waals surface area contributed by atoms with E-state index in [1.54, 1.807) is 13.3 Å². The first-order valence-corrected chi connectivity index (χ1v) is 7.08. The molecule has 0 aliphatic carbocycles. The van der Waals surface area contributed by atoms with Crippen LogP contribution in [0.25, 0.3) is 0 Å². The Bertz CT molecular complexity index is 579. The van der Waals surface area contributed by atoms with E-state index in [4.69, 9.17) is 15.3 Å². The molecule has 2 heterocycles. The van der Waals surface area contributed by atoms with Gasteiger partial charge in [0.15, 0.2) is 5.75 Å². The highest BCUT2D eigenvalue weighted by Crippen LogP contribution is 2.36. The molecule has 21 heavy (non-hydrogen) atoms. The van der Waals surface area contributed by atoms with Crippen LogP contribution in [-0.2, 0) is 13.0 Å². The minimum atomic E-state index is -0.185. The SMILES string of the molecule is CCn1ncc(OC)c1C(NN)C1Cc2ccccc2O1. The molecule has 0 fully saturated rings. The summed E-state index contributed by atoms with van der Waals surface area (Å²) in [5, 5.41) is 4.34. The summed E-state index contributed by atoms with van der Waals surface area (Å²) >= 11 is 0. The predicted molar refractivity (Wildman–Crippen MR) is 79.1 cm³/mol. The van der Waals surface area contributed by atoms with Gasteiger partial charge in [0.25, 0.3) is 0 Å². The molecule has 2 unspecified atom stereocenters. The highest BCUT2D eigenvalue weighted by molar-refractivity contribution is 5.39. The molecule has 0 spiro atoms. The molecule has 3 N–H and O–H groups in total. The van der Waals surface area contributed by atoms with E-state index >= 15 is 0 Å². The Morgan fingerprint density at radius 1 is 1.52 bits per heavy atom. The first kappa shape index (κ1) is 13.9. The van der Waals surface area contributed by atoms with Crippen molar-refractivity contribution in [2.75, 3.05) is 7.11 Å². The quantitative estimate of drug-likeness (QED) is 0.643. The summed E-state index contributed by atoms with van der Waals surface area (Å²) in [7, 11) is 1.64. The maximum absolute atomic E-state index is 6.04. The number of aromatic nitrogens is 2. The number of ether oxygens (including phenoxy) is 2. The van der Waals surface area contributed by atoms with Crippen LogP contribution >= 0.6 is 0 Å². The molecule has 2 aromatic rings. The molecule has 0 saturated carbocycles. The number of methoxy groups -OCH3 is 1. The van der Waals surface area contributed by atoms with Crippen LogP contribution in [0.5, 0.6) is 11.5 Å². The van der Waals surface area contributed by atoms with Crippen molar-refractivity contribution in [2.45, 2.75) is 32.0 Å². The lowest BCUT2D eigenvalue weighted by Crippen LogP contribution is -2.40. The summed E-state index contributed by atoms with van der Waals surface area (Å²) in [4.78, 5) is 0. The van der Waals surface area contributed by atoms with Crippen molar-refractivity contribution in [3.8, 4) is 11.5 Å². The van der Waals surface area contributed by atoms with Crippen LogP contribution in [0, 0.1) is 0 Å². The van der Waals surface area contributed by atoms with Gasteiger partial charge in [0, 0.05) is 13.0 Å². The van der Waals surface area contributed by atoms with E-state index in [2.05, 4.69) is 16.6 Å². The van der Waals surface area contributed by atoms with Crippen LogP contribution in [0.3, 0.4) is 0 Å². The molecule has 6 heteroatoms. The number of hydrogen-bond donors (Lipinski definition) is 2. The van der Waals surface area contributed by atoms with E-state index in [1.165, 1.54) is 5.56 Å². The van der Waals surface area contributed by atoms with E-state index in [9.17, 15) is 0 Å². The van der Waals surface area contributed by atoms with Crippen LogP contribution in [0.4, 0.5) is 0 Å². The number of hydrazine groups is 1. The van der Waals surface area contributed by atoms with E-state index < -0.39 is 0 Å². The molecule has 6 nitrogen and oxygen atoms in total. The zero-order valence-electron chi connectivity index (χ0n) is 12.2. The number of aryl methyl sites for hydroxylation is 1. The minimum Gasteiger partial charge on any atom is -0.493 e. The van der Waals surface area contributed by atoms with Crippen LogP contribution in [0.2, 0.25) is 0 Å². The van der Waals surface area contributed by atoms with Crippen LogP contribution < -0.4 is 20.7 Å². The van der Waals surface area contributed by atoms with Crippen LogP contribution in [0.15, 0.2) is 30.5 Å². The highest BCUT2D eigenvalue weighted by Gasteiger charge is 2.34. The fourth-order valence-electron chi connectivity index (χ4n) is 2.86. The third-order valence-electron chi connectivity index (χ3n) is 3.88. The fourth-order valence-corrected chi connectivity index (χ4v) is 2.86. The number of rotatable bonds is 5. The van der Waals surface area contributed by atoms with Gasteiger partial charge in [-0.15, -0.1) is 0 Å². The van der Waals surface area contributed by atoms with Gasteiger partial charge in [0.1, 0.15) is 23.6 Å². The summed E-state index contributed by atoms with van der Waals surface area (Å²) in [5.41, 5.74) is 4.98. The second kappa shape index (κ2) is 5.75. The van der Waals surface area contributed by atoms with Gasteiger partial charge in [-0.3, -0.25) is 10.5 Å². The van der Waals surface area contributed by atoms with Crippen molar-refractivity contribution in [1.82, 2.24) is 15.2 Å². The molecule has 2 atom stereocenters. The third-order valence-corrected chi connectivity index (χ3v) is 3.88. The van der Waals surface area contributed by atoms with Crippen molar-refractivity contribution >= 4 is 0 Å². The molecule has 0 amide bonds. The normalized spacial score (nSPS) is 18.1. The molecule has 1 aromatic heterocycles. The van der Waals surface area contributed by atoms with Crippen molar-refractivity contribution in [3.63, 3.8) is 0 Å². The lowest BCUT2D eigenvalue weighted by Gasteiger charge is -2.24. The van der Waals surface area contributed by atoms with Gasteiger partial charge in [0.2, 0.25) is 0 Å². The van der Waals surface area contributed by atoms with Crippen LogP contribution in [0.1, 0.15) is 24.2 Å². The van der Waals surface area contributed by atoms with Gasteiger partial charge in [-0.05, 0) is 18.6 Å². The Balaban J connectivity index is 1.92. The Morgan fingerprint density at radius 3 is 3.00 bits per heavy atom. The summed E-state index contributed by atoms with van der Waals surface area (Å²) < 4.78 is 13.3. The molecule has 1 aromatic carbocycles. The first-order chi connectivity index (χ1) is 10.3. The fraction of sp³-hybridized carbons (Fsp3) is 0.400. The maximum atomic E-state index is 6.04. The number of benzene rings is 1. The average Bonchev–Trinajstić information content (AvgIpc) is 3.11. The lowest BCUT2D eigenvalue weighted by molar-refractivity contribution is 0.171. The third kappa shape index (κ3) is 2.36. The van der Waals surface area contributed by atoms with Crippen molar-refractivity contribution < 1.29 is 9.47 Å². The van der Waals surface area contributed by atoms with Crippen molar-refractivity contribution in [3.05, 3.63) is 41.7 Å². The summed E-state index contributed by atoms with van der Waals surface area (Å²) in [6.45, 7) is 2.78. The lowest BCUT2D eigenvalue weighted by atomic mass is 10.0. The van der Waals surface area contributed by atoms with Gasteiger partial charge < -0.3 is 9.47 Å². The minimum absolute atomic E-state index is 0.0803. The van der Waals surface area contributed by atoms with E-state index in [1.807, 2.05) is 29.8 Å². The maximum Gasteiger partial charge on any atom is 0.161 e. The molecule has 0 saturated heterocycles. The molecule has 0 bridgehead atoms. The number of nitrogens with zero attached hydrogens (tertiary/aromatic N) is 2.